The predicted octanol–water partition coefficient (Wildman–Crippen LogP) is 3.13. The first kappa shape index (κ1) is 14.5. The number of nitrogens with zero attached hydrogens (tertiary/aromatic N) is 5. The molecule has 9 heteroatoms. The molecule has 0 aromatic heterocycles. The van der Waals surface area contributed by atoms with Gasteiger partial charge in [0, 0.05) is 28.5 Å². The zero-order valence-corrected chi connectivity index (χ0v) is 13.5. The van der Waals surface area contributed by atoms with Gasteiger partial charge in [-0.25, -0.2) is 15.0 Å². The van der Waals surface area contributed by atoms with Crippen LogP contribution in [0, 0.1) is 10.1 Å². The number of rotatable bonds is 4. The Morgan fingerprint density at radius 3 is 2.91 bits per heavy atom. The quantitative estimate of drug-likeness (QED) is 0.311. The Morgan fingerprint density at radius 1 is 1.30 bits per heavy atom. The summed E-state index contributed by atoms with van der Waals surface area (Å²) in [5.74, 6) is 2.53. The zero-order valence-electron chi connectivity index (χ0n) is 11.8. The van der Waals surface area contributed by atoms with Crippen LogP contribution in [0.1, 0.15) is 6.04 Å². The lowest BCUT2D eigenvalue weighted by Crippen LogP contribution is -2.11. The highest BCUT2D eigenvalue weighted by Gasteiger charge is 2.27. The number of imidazole rings is 1. The van der Waals surface area contributed by atoms with E-state index in [1.807, 2.05) is 6.33 Å². The van der Waals surface area contributed by atoms with E-state index in [4.69, 9.17) is 0 Å². The number of nitro benzene ring substituents is 1. The fraction of sp³-hybridized carbons (Fsp3) is 0.214. The minimum absolute atomic E-state index is 0.117. The van der Waals surface area contributed by atoms with Crippen molar-refractivity contribution in [2.75, 3.05) is 11.5 Å². The molecule has 0 N–H and O–H groups in total. The van der Waals surface area contributed by atoms with Crippen LogP contribution in [0.25, 0.3) is 11.5 Å². The number of thioether (sulfide) groups is 2. The molecule has 1 aromatic rings. The maximum Gasteiger partial charge on any atom is 0.269 e. The second kappa shape index (κ2) is 5.82. The fourth-order valence-electron chi connectivity index (χ4n) is 2.44. The van der Waals surface area contributed by atoms with E-state index >= 15 is 0 Å². The number of nitro groups is 1. The molecule has 116 valence electrons. The third-order valence-corrected chi connectivity index (χ3v) is 6.00. The second-order valence-electron chi connectivity index (χ2n) is 5.03. The number of hydrogen-bond acceptors (Lipinski definition) is 7. The van der Waals surface area contributed by atoms with Crippen molar-refractivity contribution in [1.82, 2.24) is 19.5 Å². The summed E-state index contributed by atoms with van der Waals surface area (Å²) in [5.41, 5.74) is 0.979. The van der Waals surface area contributed by atoms with Gasteiger partial charge in [-0.1, -0.05) is 0 Å². The van der Waals surface area contributed by atoms with Crippen molar-refractivity contribution < 1.29 is 4.92 Å². The Hall–Kier alpha value is -2.13. The molecular formula is C14H11N5O2S2. The van der Waals surface area contributed by atoms with Crippen molar-refractivity contribution in [2.45, 2.75) is 16.0 Å². The molecule has 4 rings (SSSR count). The SMILES string of the molecule is O=[N+]([O-])c1ccc(SCC2CSc3c4ncnc-4ncn32)cc1. The molecule has 1 atom stereocenters. The summed E-state index contributed by atoms with van der Waals surface area (Å²) in [6, 6.07) is 6.99. The average molecular weight is 345 g/mol. The largest absolute Gasteiger partial charge is 0.320 e. The minimum Gasteiger partial charge on any atom is -0.320 e. The third kappa shape index (κ3) is 2.66. The molecule has 0 spiro atoms. The van der Waals surface area contributed by atoms with Gasteiger partial charge in [-0.3, -0.25) is 10.1 Å². The van der Waals surface area contributed by atoms with Crippen LogP contribution in [0.4, 0.5) is 5.69 Å². The van der Waals surface area contributed by atoms with Crippen LogP contribution in [0.3, 0.4) is 0 Å². The molecule has 3 heterocycles. The molecule has 3 aliphatic rings. The van der Waals surface area contributed by atoms with E-state index in [9.17, 15) is 10.1 Å². The molecule has 0 bridgehead atoms. The number of benzene rings is 1. The number of fused-ring (bicyclic) bond motifs is 3. The summed E-state index contributed by atoms with van der Waals surface area (Å²) in [4.78, 5) is 24.1. The molecule has 1 aromatic carbocycles. The monoisotopic (exact) mass is 345 g/mol. The van der Waals surface area contributed by atoms with Gasteiger partial charge in [0.25, 0.3) is 5.69 Å². The first-order chi connectivity index (χ1) is 11.2. The average Bonchev–Trinajstić information content (AvgIpc) is 3.19. The van der Waals surface area contributed by atoms with Crippen molar-refractivity contribution in [3.63, 3.8) is 0 Å². The molecule has 1 unspecified atom stereocenters. The normalized spacial score (nSPS) is 16.6. The molecule has 0 radical (unpaired) electrons. The topological polar surface area (TPSA) is 86.7 Å². The second-order valence-corrected chi connectivity index (χ2v) is 7.13. The van der Waals surface area contributed by atoms with E-state index in [1.165, 1.54) is 18.5 Å². The van der Waals surface area contributed by atoms with Gasteiger partial charge >= 0.3 is 0 Å². The van der Waals surface area contributed by atoms with E-state index < -0.39 is 0 Å². The van der Waals surface area contributed by atoms with Gasteiger partial charge in [-0.05, 0) is 12.1 Å². The van der Waals surface area contributed by atoms with Crippen molar-refractivity contribution in [1.29, 1.82) is 0 Å². The van der Waals surface area contributed by atoms with Gasteiger partial charge in [0.15, 0.2) is 5.82 Å². The van der Waals surface area contributed by atoms with Crippen molar-refractivity contribution in [3.8, 4) is 11.5 Å². The smallest absolute Gasteiger partial charge is 0.269 e. The molecule has 3 aliphatic heterocycles. The molecule has 0 aliphatic carbocycles. The zero-order chi connectivity index (χ0) is 15.8. The number of non-ortho nitro benzene ring substituents is 1. The van der Waals surface area contributed by atoms with E-state index in [1.54, 1.807) is 35.7 Å². The van der Waals surface area contributed by atoms with Crippen molar-refractivity contribution in [2.24, 2.45) is 0 Å². The highest BCUT2D eigenvalue weighted by molar-refractivity contribution is 8.00. The molecule has 0 fully saturated rings. The summed E-state index contributed by atoms with van der Waals surface area (Å²) in [6.07, 6.45) is 3.37. The van der Waals surface area contributed by atoms with Crippen LogP contribution < -0.4 is 0 Å². The van der Waals surface area contributed by atoms with Gasteiger partial charge in [0.1, 0.15) is 17.0 Å². The summed E-state index contributed by atoms with van der Waals surface area (Å²) < 4.78 is 2.15. The number of aromatic nitrogens is 4. The van der Waals surface area contributed by atoms with Crippen LogP contribution in [0.15, 0.2) is 46.8 Å². The molecule has 23 heavy (non-hydrogen) atoms. The van der Waals surface area contributed by atoms with Crippen LogP contribution in [-0.2, 0) is 0 Å². The molecular weight excluding hydrogens is 334 g/mol. The van der Waals surface area contributed by atoms with Gasteiger partial charge in [0.05, 0.1) is 17.3 Å². The Balaban J connectivity index is 1.49. The maximum atomic E-state index is 10.7. The van der Waals surface area contributed by atoms with Crippen LogP contribution in [0.5, 0.6) is 0 Å². The van der Waals surface area contributed by atoms with E-state index in [2.05, 4.69) is 19.5 Å². The Bertz CT molecular complexity index is 836. The van der Waals surface area contributed by atoms with Gasteiger partial charge in [0.2, 0.25) is 0 Å². The number of hydrogen-bond donors (Lipinski definition) is 0. The summed E-state index contributed by atoms with van der Waals surface area (Å²) in [5, 5.41) is 11.8. The van der Waals surface area contributed by atoms with Crippen LogP contribution in [-0.4, -0.2) is 35.9 Å². The lowest BCUT2D eigenvalue weighted by molar-refractivity contribution is -0.384. The molecule has 0 saturated heterocycles. The van der Waals surface area contributed by atoms with Crippen molar-refractivity contribution in [3.05, 3.63) is 47.0 Å². The molecule has 0 saturated carbocycles. The van der Waals surface area contributed by atoms with Gasteiger partial charge < -0.3 is 4.57 Å². The van der Waals surface area contributed by atoms with E-state index in [0.29, 0.717) is 11.9 Å². The van der Waals surface area contributed by atoms with Crippen LogP contribution >= 0.6 is 23.5 Å². The molecule has 0 amide bonds. The Morgan fingerprint density at radius 2 is 2.13 bits per heavy atom. The molecule has 7 nitrogen and oxygen atoms in total. The lowest BCUT2D eigenvalue weighted by Gasteiger charge is -2.14. The maximum absolute atomic E-state index is 10.7. The van der Waals surface area contributed by atoms with Crippen molar-refractivity contribution >= 4 is 29.2 Å². The standard InChI is InChI=1S/C14H11N5O2S2/c20-19(21)9-1-3-11(4-2-9)22-5-10-6-23-14-12-13(16-7-15-12)17-8-18(10)14/h1-4,7-8,10H,5-6H2. The summed E-state index contributed by atoms with van der Waals surface area (Å²) in [6.45, 7) is 0. The Labute approximate surface area is 140 Å². The highest BCUT2D eigenvalue weighted by atomic mass is 32.2. The third-order valence-electron chi connectivity index (χ3n) is 3.62. The minimum atomic E-state index is -0.383. The first-order valence-electron chi connectivity index (χ1n) is 6.90. The van der Waals surface area contributed by atoms with Crippen LogP contribution in [0.2, 0.25) is 0 Å². The van der Waals surface area contributed by atoms with Gasteiger partial charge in [-0.15, -0.1) is 23.5 Å². The van der Waals surface area contributed by atoms with E-state index in [0.717, 1.165) is 27.1 Å². The lowest BCUT2D eigenvalue weighted by atomic mass is 10.3. The first-order valence-corrected chi connectivity index (χ1v) is 8.87. The van der Waals surface area contributed by atoms with Gasteiger partial charge in [-0.2, -0.15) is 0 Å². The van der Waals surface area contributed by atoms with E-state index in [-0.39, 0.29) is 10.6 Å². The predicted molar refractivity (Wildman–Crippen MR) is 88.0 cm³/mol. The fourth-order valence-corrected chi connectivity index (χ4v) is 4.84. The highest BCUT2D eigenvalue weighted by Crippen LogP contribution is 2.40. The Kier molecular flexibility index (Phi) is 3.66. The summed E-state index contributed by atoms with van der Waals surface area (Å²) >= 11 is 3.46. The summed E-state index contributed by atoms with van der Waals surface area (Å²) in [7, 11) is 0.